The minimum Gasteiger partial charge on any atom is -0.298 e. The van der Waals surface area contributed by atoms with Gasteiger partial charge in [-0.2, -0.15) is 0 Å². The molecule has 1 N–H and O–H groups in total. The summed E-state index contributed by atoms with van der Waals surface area (Å²) < 4.78 is 0.796. The molecule has 116 valence electrons. The Morgan fingerprint density at radius 1 is 1.09 bits per heavy atom. The van der Waals surface area contributed by atoms with Crippen LogP contribution in [0.2, 0.25) is 10.0 Å². The molecule has 1 heterocycles. The smallest absolute Gasteiger partial charge is 0.257 e. The van der Waals surface area contributed by atoms with Gasteiger partial charge < -0.3 is 0 Å². The second kappa shape index (κ2) is 6.28. The number of fused-ring (bicyclic) bond motifs is 1. The number of benzene rings is 2. The van der Waals surface area contributed by atoms with Crippen molar-refractivity contribution in [2.24, 2.45) is 0 Å². The standard InChI is InChI=1S/C16H10Cl2N2O2S/c1-8(21)9-2-4-10(5-3-9)15(22)20-16-19-14-12(18)6-11(17)7-13(14)23-16/h2-7H,1H3,(H,19,20,22). The van der Waals surface area contributed by atoms with Gasteiger partial charge in [-0.05, 0) is 31.2 Å². The highest BCUT2D eigenvalue weighted by atomic mass is 35.5. The van der Waals surface area contributed by atoms with Gasteiger partial charge in [0.15, 0.2) is 10.9 Å². The molecule has 0 atom stereocenters. The van der Waals surface area contributed by atoms with E-state index in [1.54, 1.807) is 36.4 Å². The molecule has 3 rings (SSSR count). The summed E-state index contributed by atoms with van der Waals surface area (Å²) in [6, 6.07) is 9.79. The number of carbonyl (C=O) groups excluding carboxylic acids is 2. The number of rotatable bonds is 3. The first kappa shape index (κ1) is 15.9. The van der Waals surface area contributed by atoms with E-state index in [0.717, 1.165) is 4.70 Å². The van der Waals surface area contributed by atoms with Crippen LogP contribution in [-0.4, -0.2) is 16.7 Å². The van der Waals surface area contributed by atoms with Gasteiger partial charge in [0.25, 0.3) is 5.91 Å². The summed E-state index contributed by atoms with van der Waals surface area (Å²) in [5, 5.41) is 4.12. The molecule has 1 amide bonds. The first-order valence-corrected chi connectivity index (χ1v) is 8.19. The molecule has 0 aliphatic heterocycles. The summed E-state index contributed by atoms with van der Waals surface area (Å²) in [5.74, 6) is -0.351. The molecule has 7 heteroatoms. The largest absolute Gasteiger partial charge is 0.298 e. The summed E-state index contributed by atoms with van der Waals surface area (Å²) >= 11 is 13.3. The number of thiazole rings is 1. The molecule has 0 radical (unpaired) electrons. The Bertz CT molecular complexity index is 920. The van der Waals surface area contributed by atoms with Crippen molar-refractivity contribution in [3.8, 4) is 0 Å². The minimum atomic E-state index is -0.304. The number of carbonyl (C=O) groups is 2. The predicted molar refractivity (Wildman–Crippen MR) is 94.0 cm³/mol. The molecule has 0 bridgehead atoms. The van der Waals surface area contributed by atoms with Gasteiger partial charge in [0, 0.05) is 16.1 Å². The highest BCUT2D eigenvalue weighted by Crippen LogP contribution is 2.33. The van der Waals surface area contributed by atoms with Crippen molar-refractivity contribution in [1.29, 1.82) is 0 Å². The van der Waals surface area contributed by atoms with Gasteiger partial charge in [-0.1, -0.05) is 46.7 Å². The Labute approximate surface area is 146 Å². The monoisotopic (exact) mass is 364 g/mol. The van der Waals surface area contributed by atoms with Crippen LogP contribution in [0.5, 0.6) is 0 Å². The minimum absolute atomic E-state index is 0.0466. The molecule has 0 fully saturated rings. The molecular formula is C16H10Cl2N2O2S. The first-order chi connectivity index (χ1) is 10.9. The van der Waals surface area contributed by atoms with Gasteiger partial charge in [-0.15, -0.1) is 0 Å². The lowest BCUT2D eigenvalue weighted by molar-refractivity contribution is 0.101. The average Bonchev–Trinajstić information content (AvgIpc) is 2.90. The average molecular weight is 365 g/mol. The maximum Gasteiger partial charge on any atom is 0.257 e. The zero-order valence-corrected chi connectivity index (χ0v) is 14.2. The highest BCUT2D eigenvalue weighted by Gasteiger charge is 2.12. The Balaban J connectivity index is 1.85. The molecule has 3 aromatic rings. The van der Waals surface area contributed by atoms with Crippen LogP contribution >= 0.6 is 34.5 Å². The fourth-order valence-electron chi connectivity index (χ4n) is 2.04. The number of aromatic nitrogens is 1. The van der Waals surface area contributed by atoms with Gasteiger partial charge in [-0.25, -0.2) is 4.98 Å². The van der Waals surface area contributed by atoms with E-state index in [1.165, 1.54) is 18.3 Å². The maximum atomic E-state index is 12.2. The van der Waals surface area contributed by atoms with E-state index in [4.69, 9.17) is 23.2 Å². The Morgan fingerprint density at radius 2 is 1.74 bits per heavy atom. The summed E-state index contributed by atoms with van der Waals surface area (Å²) in [6.45, 7) is 1.48. The number of Topliss-reactive ketones (excluding diaryl/α,β-unsaturated/α-hetero) is 1. The summed E-state index contributed by atoms with van der Waals surface area (Å²) in [5.41, 5.74) is 1.60. The normalized spacial score (nSPS) is 10.7. The molecule has 0 saturated carbocycles. The van der Waals surface area contributed by atoms with Gasteiger partial charge in [-0.3, -0.25) is 14.9 Å². The fraction of sp³-hybridized carbons (Fsp3) is 0.0625. The van der Waals surface area contributed by atoms with Crippen molar-refractivity contribution in [3.63, 3.8) is 0 Å². The fourth-order valence-corrected chi connectivity index (χ4v) is 3.62. The number of anilines is 1. The van der Waals surface area contributed by atoms with E-state index >= 15 is 0 Å². The number of ketones is 1. The third-order valence-corrected chi connectivity index (χ3v) is 4.61. The van der Waals surface area contributed by atoms with Gasteiger partial charge in [0.1, 0.15) is 5.52 Å². The van der Waals surface area contributed by atoms with Gasteiger partial charge in [0.05, 0.1) is 9.72 Å². The molecule has 2 aromatic carbocycles. The lowest BCUT2D eigenvalue weighted by Crippen LogP contribution is -2.11. The highest BCUT2D eigenvalue weighted by molar-refractivity contribution is 7.22. The van der Waals surface area contributed by atoms with Crippen LogP contribution in [0.3, 0.4) is 0 Å². The molecule has 0 saturated heterocycles. The second-order valence-electron chi connectivity index (χ2n) is 4.84. The first-order valence-electron chi connectivity index (χ1n) is 6.62. The zero-order valence-electron chi connectivity index (χ0n) is 11.9. The predicted octanol–water partition coefficient (Wildman–Crippen LogP) is 5.06. The van der Waals surface area contributed by atoms with Crippen LogP contribution in [0.15, 0.2) is 36.4 Å². The van der Waals surface area contributed by atoms with Crippen molar-refractivity contribution in [1.82, 2.24) is 4.98 Å². The summed E-state index contributed by atoms with van der Waals surface area (Å²) in [7, 11) is 0. The third-order valence-electron chi connectivity index (χ3n) is 3.19. The summed E-state index contributed by atoms with van der Waals surface area (Å²) in [4.78, 5) is 27.8. The number of nitrogens with one attached hydrogen (secondary N) is 1. The molecule has 23 heavy (non-hydrogen) atoms. The molecule has 0 spiro atoms. The van der Waals surface area contributed by atoms with E-state index < -0.39 is 0 Å². The topological polar surface area (TPSA) is 59.1 Å². The van der Waals surface area contributed by atoms with Crippen molar-refractivity contribution in [2.75, 3.05) is 5.32 Å². The van der Waals surface area contributed by atoms with Gasteiger partial charge >= 0.3 is 0 Å². The van der Waals surface area contributed by atoms with E-state index in [1.807, 2.05) is 0 Å². The molecule has 0 aliphatic carbocycles. The molecule has 1 aromatic heterocycles. The quantitative estimate of drug-likeness (QED) is 0.660. The molecule has 0 aliphatic rings. The van der Waals surface area contributed by atoms with Crippen LogP contribution < -0.4 is 5.32 Å². The van der Waals surface area contributed by atoms with Crippen molar-refractivity contribution >= 4 is 61.6 Å². The van der Waals surface area contributed by atoms with Crippen molar-refractivity contribution in [3.05, 3.63) is 57.6 Å². The lowest BCUT2D eigenvalue weighted by atomic mass is 10.1. The Kier molecular flexibility index (Phi) is 4.35. The van der Waals surface area contributed by atoms with Crippen LogP contribution in [-0.2, 0) is 0 Å². The number of nitrogens with zero attached hydrogens (tertiary/aromatic N) is 1. The number of hydrogen-bond acceptors (Lipinski definition) is 4. The summed E-state index contributed by atoms with van der Waals surface area (Å²) in [6.07, 6.45) is 0. The van der Waals surface area contributed by atoms with Gasteiger partial charge in [0.2, 0.25) is 0 Å². The van der Waals surface area contributed by atoms with Crippen molar-refractivity contribution < 1.29 is 9.59 Å². The molecular weight excluding hydrogens is 355 g/mol. The zero-order chi connectivity index (χ0) is 16.6. The Hall–Kier alpha value is -1.95. The van der Waals surface area contributed by atoms with Crippen LogP contribution in [0.1, 0.15) is 27.6 Å². The third kappa shape index (κ3) is 3.37. The SMILES string of the molecule is CC(=O)c1ccc(C(=O)Nc2nc3c(Cl)cc(Cl)cc3s2)cc1. The van der Waals surface area contributed by atoms with E-state index in [-0.39, 0.29) is 11.7 Å². The second-order valence-corrected chi connectivity index (χ2v) is 6.72. The number of halogens is 2. The van der Waals surface area contributed by atoms with Crippen molar-refractivity contribution in [2.45, 2.75) is 6.92 Å². The molecule has 0 unspecified atom stereocenters. The van der Waals surface area contributed by atoms with Crippen LogP contribution in [0.25, 0.3) is 10.2 Å². The Morgan fingerprint density at radius 3 is 2.39 bits per heavy atom. The molecule has 4 nitrogen and oxygen atoms in total. The number of hydrogen-bond donors (Lipinski definition) is 1. The van der Waals surface area contributed by atoms with Crippen LogP contribution in [0.4, 0.5) is 5.13 Å². The van der Waals surface area contributed by atoms with E-state index in [2.05, 4.69) is 10.3 Å². The number of amides is 1. The van der Waals surface area contributed by atoms with Crippen LogP contribution in [0, 0.1) is 0 Å². The lowest BCUT2D eigenvalue weighted by Gasteiger charge is -2.02. The van der Waals surface area contributed by atoms with E-state index in [0.29, 0.717) is 31.8 Å². The van der Waals surface area contributed by atoms with E-state index in [9.17, 15) is 9.59 Å². The maximum absolute atomic E-state index is 12.2.